The second kappa shape index (κ2) is 4.72. The van der Waals surface area contributed by atoms with Gasteiger partial charge >= 0.3 is 0 Å². The van der Waals surface area contributed by atoms with Crippen molar-refractivity contribution in [3.05, 3.63) is 47.7 Å². The van der Waals surface area contributed by atoms with E-state index in [9.17, 15) is 5.11 Å². The third-order valence-corrected chi connectivity index (χ3v) is 3.34. The maximum atomic E-state index is 10.1. The molecule has 0 spiro atoms. The average molecular weight is 248 g/mol. The molecule has 0 aliphatic carbocycles. The number of aliphatic hydroxyl groups is 1. The van der Waals surface area contributed by atoms with Gasteiger partial charge in [0.05, 0.1) is 12.9 Å². The van der Waals surface area contributed by atoms with Crippen LogP contribution in [0.4, 0.5) is 0 Å². The summed E-state index contributed by atoms with van der Waals surface area (Å²) in [6.45, 7) is 2.25. The minimum Gasteiger partial charge on any atom is -0.493 e. The van der Waals surface area contributed by atoms with Gasteiger partial charge in [0.25, 0.3) is 0 Å². The van der Waals surface area contributed by atoms with Gasteiger partial charge in [-0.25, -0.2) is 0 Å². The zero-order chi connectivity index (χ0) is 12.5. The molecule has 2 aliphatic rings. The van der Waals surface area contributed by atoms with Crippen molar-refractivity contribution < 1.29 is 19.3 Å². The standard InChI is InChI=1S/C14H16O4/c1-9-7-16-11-8-17-14(18-13(11)12(9)15)10-5-3-2-4-6-10/h2-7,11-15H,8H2,1H3/t11-,12+,13-,14?/m1/s1. The molecule has 1 saturated heterocycles. The maximum Gasteiger partial charge on any atom is 0.184 e. The fourth-order valence-corrected chi connectivity index (χ4v) is 2.25. The molecule has 4 heteroatoms. The van der Waals surface area contributed by atoms with Gasteiger partial charge in [0.15, 0.2) is 12.4 Å². The van der Waals surface area contributed by atoms with E-state index >= 15 is 0 Å². The first-order valence-electron chi connectivity index (χ1n) is 6.08. The SMILES string of the molecule is CC1=CO[C@@H]2COC(c3ccccc3)O[C@H]2[C@H]1O. The Hall–Kier alpha value is -1.36. The van der Waals surface area contributed by atoms with E-state index in [1.165, 1.54) is 0 Å². The van der Waals surface area contributed by atoms with Gasteiger partial charge in [-0.15, -0.1) is 0 Å². The van der Waals surface area contributed by atoms with Crippen LogP contribution in [0.1, 0.15) is 18.8 Å². The van der Waals surface area contributed by atoms with Crippen molar-refractivity contribution in [3.8, 4) is 0 Å². The second-order valence-corrected chi connectivity index (χ2v) is 4.66. The van der Waals surface area contributed by atoms with Crippen molar-refractivity contribution in [2.45, 2.75) is 31.5 Å². The van der Waals surface area contributed by atoms with Crippen molar-refractivity contribution in [1.82, 2.24) is 0 Å². The van der Waals surface area contributed by atoms with Gasteiger partial charge in [-0.2, -0.15) is 0 Å². The fraction of sp³-hybridized carbons (Fsp3) is 0.429. The molecular formula is C14H16O4. The van der Waals surface area contributed by atoms with Crippen LogP contribution in [-0.2, 0) is 14.2 Å². The molecule has 0 radical (unpaired) electrons. The molecule has 0 aromatic heterocycles. The first-order chi connectivity index (χ1) is 8.75. The predicted octanol–water partition coefficient (Wildman–Crippen LogP) is 1.76. The lowest BCUT2D eigenvalue weighted by Gasteiger charge is -2.40. The average Bonchev–Trinajstić information content (AvgIpc) is 2.44. The number of aliphatic hydroxyl groups excluding tert-OH is 1. The number of hydrogen-bond donors (Lipinski definition) is 1. The monoisotopic (exact) mass is 248 g/mol. The van der Waals surface area contributed by atoms with Gasteiger partial charge in [0.1, 0.15) is 12.2 Å². The Balaban J connectivity index is 1.78. The Bertz CT molecular complexity index is 442. The molecule has 96 valence electrons. The van der Waals surface area contributed by atoms with E-state index in [4.69, 9.17) is 14.2 Å². The normalized spacial score (nSPS) is 35.3. The Morgan fingerprint density at radius 1 is 1.22 bits per heavy atom. The topological polar surface area (TPSA) is 47.9 Å². The quantitative estimate of drug-likeness (QED) is 0.822. The van der Waals surface area contributed by atoms with Crippen LogP contribution in [0.25, 0.3) is 0 Å². The summed E-state index contributed by atoms with van der Waals surface area (Å²) in [4.78, 5) is 0. The zero-order valence-electron chi connectivity index (χ0n) is 10.2. The molecule has 1 unspecified atom stereocenters. The Morgan fingerprint density at radius 3 is 2.78 bits per heavy atom. The largest absolute Gasteiger partial charge is 0.493 e. The summed E-state index contributed by atoms with van der Waals surface area (Å²) in [6.07, 6.45) is -0.0745. The molecule has 1 fully saturated rings. The van der Waals surface area contributed by atoms with Crippen LogP contribution in [-0.4, -0.2) is 30.0 Å². The minimum atomic E-state index is -0.626. The van der Waals surface area contributed by atoms with E-state index in [1.807, 2.05) is 37.3 Å². The van der Waals surface area contributed by atoms with E-state index in [2.05, 4.69) is 0 Å². The van der Waals surface area contributed by atoms with Crippen LogP contribution in [0.3, 0.4) is 0 Å². The number of ether oxygens (including phenoxy) is 3. The van der Waals surface area contributed by atoms with Gasteiger partial charge in [0, 0.05) is 5.56 Å². The summed E-state index contributed by atoms with van der Waals surface area (Å²) < 4.78 is 16.9. The van der Waals surface area contributed by atoms with Crippen molar-refractivity contribution >= 4 is 0 Å². The number of hydrogen-bond acceptors (Lipinski definition) is 4. The van der Waals surface area contributed by atoms with Crippen molar-refractivity contribution in [3.63, 3.8) is 0 Å². The van der Waals surface area contributed by atoms with Gasteiger partial charge in [-0.1, -0.05) is 30.3 Å². The summed E-state index contributed by atoms with van der Waals surface area (Å²) in [5.74, 6) is 0. The molecule has 2 heterocycles. The Kier molecular flexibility index (Phi) is 3.07. The van der Waals surface area contributed by atoms with Crippen molar-refractivity contribution in [2.75, 3.05) is 6.61 Å². The Morgan fingerprint density at radius 2 is 2.00 bits per heavy atom. The molecule has 4 atom stereocenters. The minimum absolute atomic E-state index is 0.233. The van der Waals surface area contributed by atoms with Gasteiger partial charge in [-0.3, -0.25) is 0 Å². The van der Waals surface area contributed by atoms with E-state index in [-0.39, 0.29) is 12.2 Å². The van der Waals surface area contributed by atoms with E-state index in [0.717, 1.165) is 11.1 Å². The van der Waals surface area contributed by atoms with E-state index in [0.29, 0.717) is 6.61 Å². The lowest BCUT2D eigenvalue weighted by molar-refractivity contribution is -0.277. The molecule has 18 heavy (non-hydrogen) atoms. The number of benzene rings is 1. The molecule has 0 saturated carbocycles. The highest BCUT2D eigenvalue weighted by Gasteiger charge is 2.41. The fourth-order valence-electron chi connectivity index (χ4n) is 2.25. The predicted molar refractivity (Wildman–Crippen MR) is 64.6 cm³/mol. The first kappa shape index (κ1) is 11.7. The summed E-state index contributed by atoms with van der Waals surface area (Å²) in [5.41, 5.74) is 1.74. The Labute approximate surface area is 106 Å². The third-order valence-electron chi connectivity index (χ3n) is 3.34. The third kappa shape index (κ3) is 2.03. The smallest absolute Gasteiger partial charge is 0.184 e. The van der Waals surface area contributed by atoms with Crippen molar-refractivity contribution in [1.29, 1.82) is 0 Å². The lowest BCUT2D eigenvalue weighted by Crippen LogP contribution is -2.50. The van der Waals surface area contributed by atoms with Crippen LogP contribution in [0.2, 0.25) is 0 Å². The molecule has 3 rings (SSSR count). The molecule has 1 N–H and O–H groups in total. The summed E-state index contributed by atoms with van der Waals surface area (Å²) in [6, 6.07) is 9.72. The van der Waals surface area contributed by atoms with Crippen LogP contribution >= 0.6 is 0 Å². The maximum absolute atomic E-state index is 10.1. The van der Waals surface area contributed by atoms with E-state index in [1.54, 1.807) is 6.26 Å². The van der Waals surface area contributed by atoms with Gasteiger partial charge in [0.2, 0.25) is 0 Å². The summed E-state index contributed by atoms with van der Waals surface area (Å²) in [7, 11) is 0. The number of fused-ring (bicyclic) bond motifs is 1. The molecule has 0 amide bonds. The number of rotatable bonds is 1. The van der Waals surface area contributed by atoms with Crippen LogP contribution < -0.4 is 0 Å². The van der Waals surface area contributed by atoms with Crippen molar-refractivity contribution in [2.24, 2.45) is 0 Å². The van der Waals surface area contributed by atoms with E-state index < -0.39 is 12.4 Å². The zero-order valence-corrected chi connectivity index (χ0v) is 10.2. The first-order valence-corrected chi connectivity index (χ1v) is 6.08. The molecular weight excluding hydrogens is 232 g/mol. The second-order valence-electron chi connectivity index (χ2n) is 4.66. The summed E-state index contributed by atoms with van der Waals surface area (Å²) in [5, 5.41) is 10.1. The van der Waals surface area contributed by atoms with Gasteiger partial charge in [-0.05, 0) is 12.5 Å². The molecule has 4 nitrogen and oxygen atoms in total. The molecule has 1 aromatic rings. The molecule has 0 bridgehead atoms. The lowest BCUT2D eigenvalue weighted by atomic mass is 9.99. The van der Waals surface area contributed by atoms with Crippen LogP contribution in [0.15, 0.2) is 42.2 Å². The summed E-state index contributed by atoms with van der Waals surface area (Å²) >= 11 is 0. The highest BCUT2D eigenvalue weighted by atomic mass is 16.7. The highest BCUT2D eigenvalue weighted by Crippen LogP contribution is 2.32. The molecule has 2 aliphatic heterocycles. The molecule has 1 aromatic carbocycles. The van der Waals surface area contributed by atoms with Crippen LogP contribution in [0, 0.1) is 0 Å². The van der Waals surface area contributed by atoms with Gasteiger partial charge < -0.3 is 19.3 Å². The van der Waals surface area contributed by atoms with Crippen LogP contribution in [0.5, 0.6) is 0 Å². The highest BCUT2D eigenvalue weighted by molar-refractivity contribution is 5.17.